The molecule has 0 bridgehead atoms. The third kappa shape index (κ3) is 3.37. The zero-order valence-electron chi connectivity index (χ0n) is 18.4. The molecule has 1 unspecified atom stereocenters. The highest BCUT2D eigenvalue weighted by molar-refractivity contribution is 5.59. The molecule has 166 valence electrons. The Morgan fingerprint density at radius 3 is 2.59 bits per heavy atom. The molecule has 2 aliphatic rings. The van der Waals surface area contributed by atoms with E-state index in [9.17, 15) is 15.2 Å². The summed E-state index contributed by atoms with van der Waals surface area (Å²) < 4.78 is 4.64. The van der Waals surface area contributed by atoms with Crippen molar-refractivity contribution in [3.05, 3.63) is 76.2 Å². The Bertz CT molecular complexity index is 1160. The number of rotatable bonds is 4. The number of imidazole rings is 1. The molecule has 5 rings (SSSR count). The smallest absolute Gasteiger partial charge is 0.279 e. The molecule has 1 saturated carbocycles. The van der Waals surface area contributed by atoms with Crippen LogP contribution in [0.2, 0.25) is 0 Å². The highest BCUT2D eigenvalue weighted by Gasteiger charge is 2.46. The molecule has 7 heteroatoms. The Morgan fingerprint density at radius 2 is 1.88 bits per heavy atom. The molecule has 1 aliphatic carbocycles. The lowest BCUT2D eigenvalue weighted by atomic mass is 9.86. The van der Waals surface area contributed by atoms with Gasteiger partial charge in [-0.05, 0) is 38.7 Å². The number of non-ortho nitro benzene ring substituents is 1. The monoisotopic (exact) mass is 432 g/mol. The van der Waals surface area contributed by atoms with Crippen molar-refractivity contribution in [3.8, 4) is 17.0 Å². The minimum atomic E-state index is -0.430. The molecule has 0 radical (unpaired) electrons. The predicted molar refractivity (Wildman–Crippen MR) is 119 cm³/mol. The first-order chi connectivity index (χ1) is 15.5. The molecule has 0 saturated heterocycles. The van der Waals surface area contributed by atoms with Crippen molar-refractivity contribution in [2.75, 3.05) is 0 Å². The summed E-state index contributed by atoms with van der Waals surface area (Å²) in [5.74, 6) is 0.825. The zero-order chi connectivity index (χ0) is 22.4. The molecule has 1 N–H and O–H groups in total. The van der Waals surface area contributed by atoms with E-state index in [1.54, 1.807) is 0 Å². The molecule has 7 nitrogen and oxygen atoms in total. The van der Waals surface area contributed by atoms with Crippen molar-refractivity contribution in [2.45, 2.75) is 63.7 Å². The predicted octanol–water partition coefficient (Wildman–Crippen LogP) is 4.18. The first kappa shape index (κ1) is 20.7. The summed E-state index contributed by atoms with van der Waals surface area (Å²) in [5.41, 5.74) is 2.66. The fourth-order valence-electron chi connectivity index (χ4n) is 5.39. The SMILES string of the molecule is CC(C)[n+]1cc(-c2ccccc2)n2c1C(c1cc([N+](=O)[O-])ccc1[O-])N[C@@H]1CCCC[C@H]12. The van der Waals surface area contributed by atoms with Crippen LogP contribution in [0.15, 0.2) is 54.7 Å². The third-order valence-corrected chi connectivity index (χ3v) is 6.87. The fourth-order valence-corrected chi connectivity index (χ4v) is 5.39. The maximum atomic E-state index is 12.9. The Hall–Kier alpha value is -3.19. The van der Waals surface area contributed by atoms with Gasteiger partial charge >= 0.3 is 0 Å². The third-order valence-electron chi connectivity index (χ3n) is 6.87. The van der Waals surface area contributed by atoms with Crippen molar-refractivity contribution in [3.63, 3.8) is 0 Å². The van der Waals surface area contributed by atoms with Gasteiger partial charge in [-0.15, -0.1) is 5.75 Å². The van der Waals surface area contributed by atoms with E-state index in [-0.39, 0.29) is 23.5 Å². The van der Waals surface area contributed by atoms with Crippen molar-refractivity contribution in [2.24, 2.45) is 0 Å². The number of nitro benzene ring substituents is 1. The summed E-state index contributed by atoms with van der Waals surface area (Å²) >= 11 is 0. The number of nitrogens with zero attached hydrogens (tertiary/aromatic N) is 3. The lowest BCUT2D eigenvalue weighted by Gasteiger charge is -2.39. The van der Waals surface area contributed by atoms with E-state index in [4.69, 9.17) is 0 Å². The summed E-state index contributed by atoms with van der Waals surface area (Å²) in [7, 11) is 0. The minimum absolute atomic E-state index is 0.0512. The van der Waals surface area contributed by atoms with Crippen molar-refractivity contribution in [1.29, 1.82) is 0 Å². The van der Waals surface area contributed by atoms with Crippen molar-refractivity contribution in [1.82, 2.24) is 9.88 Å². The van der Waals surface area contributed by atoms with E-state index in [1.165, 1.54) is 24.6 Å². The summed E-state index contributed by atoms with van der Waals surface area (Å²) in [5, 5.41) is 28.1. The van der Waals surface area contributed by atoms with Gasteiger partial charge in [-0.25, -0.2) is 9.13 Å². The van der Waals surface area contributed by atoms with Crippen molar-refractivity contribution >= 4 is 5.69 Å². The molecule has 1 fully saturated rings. The average Bonchev–Trinajstić information content (AvgIpc) is 3.21. The molecule has 0 spiro atoms. The Labute approximate surface area is 187 Å². The first-order valence-electron chi connectivity index (χ1n) is 11.4. The van der Waals surface area contributed by atoms with Crippen LogP contribution in [0.25, 0.3) is 11.3 Å². The van der Waals surface area contributed by atoms with E-state index in [1.807, 2.05) is 18.2 Å². The molecule has 1 aliphatic heterocycles. The molecule has 1 aromatic heterocycles. The van der Waals surface area contributed by atoms with Crippen LogP contribution < -0.4 is 15.0 Å². The molecule has 2 aromatic carbocycles. The summed E-state index contributed by atoms with van der Waals surface area (Å²) in [4.78, 5) is 11.0. The molecule has 2 heterocycles. The Kier molecular flexibility index (Phi) is 5.21. The largest absolute Gasteiger partial charge is 0.872 e. The van der Waals surface area contributed by atoms with Gasteiger partial charge in [-0.1, -0.05) is 42.8 Å². The van der Waals surface area contributed by atoms with E-state index < -0.39 is 11.0 Å². The number of benzene rings is 2. The first-order valence-corrected chi connectivity index (χ1v) is 11.4. The number of nitro groups is 1. The number of hydrogen-bond acceptors (Lipinski definition) is 4. The second-order valence-corrected chi connectivity index (χ2v) is 9.15. The van der Waals surface area contributed by atoms with Crippen LogP contribution in [-0.2, 0) is 0 Å². The van der Waals surface area contributed by atoms with Gasteiger partial charge in [-0.3, -0.25) is 15.4 Å². The summed E-state index contributed by atoms with van der Waals surface area (Å²) in [6, 6.07) is 14.7. The van der Waals surface area contributed by atoms with Gasteiger partial charge < -0.3 is 5.11 Å². The topological polar surface area (TPSA) is 87.0 Å². The number of hydrogen-bond donors (Lipinski definition) is 1. The zero-order valence-corrected chi connectivity index (χ0v) is 18.4. The minimum Gasteiger partial charge on any atom is -0.872 e. The molecular weight excluding hydrogens is 404 g/mol. The van der Waals surface area contributed by atoms with Crippen LogP contribution in [0.3, 0.4) is 0 Å². The van der Waals surface area contributed by atoms with Crippen LogP contribution in [0, 0.1) is 10.1 Å². The van der Waals surface area contributed by atoms with E-state index >= 15 is 0 Å². The van der Waals surface area contributed by atoms with Crippen LogP contribution in [0.5, 0.6) is 5.75 Å². The molecule has 0 amide bonds. The number of aromatic nitrogens is 2. The average molecular weight is 433 g/mol. The molecule has 32 heavy (non-hydrogen) atoms. The van der Waals surface area contributed by atoms with Gasteiger partial charge in [0.25, 0.3) is 11.5 Å². The van der Waals surface area contributed by atoms with E-state index in [0.29, 0.717) is 11.6 Å². The maximum Gasteiger partial charge on any atom is 0.279 e. The standard InChI is InChI=1S/C25H28N4O3/c1-16(2)27-15-22(17-8-4-3-5-9-17)28-21-11-7-6-10-20(21)26-24(25(27)28)19-14-18(29(31)32)12-13-23(19)30/h3-5,8-9,12-16,20-21,24,26H,6-7,10-11H2,1-2H3/t20-,21-,24?/m1/s1. The van der Waals surface area contributed by atoms with Gasteiger partial charge in [0.15, 0.2) is 5.69 Å². The maximum absolute atomic E-state index is 12.9. The van der Waals surface area contributed by atoms with Gasteiger partial charge in [0.1, 0.15) is 18.3 Å². The fraction of sp³-hybridized carbons (Fsp3) is 0.400. The molecule has 3 atom stereocenters. The quantitative estimate of drug-likeness (QED) is 0.381. The van der Waals surface area contributed by atoms with Gasteiger partial charge in [0.05, 0.1) is 11.0 Å². The highest BCUT2D eigenvalue weighted by atomic mass is 16.6. The molecule has 3 aromatic rings. The number of nitrogens with one attached hydrogen (secondary N) is 1. The summed E-state index contributed by atoms with van der Waals surface area (Å²) in [6.07, 6.45) is 6.59. The lowest BCUT2D eigenvalue weighted by Crippen LogP contribution is -2.53. The van der Waals surface area contributed by atoms with Crippen LogP contribution >= 0.6 is 0 Å². The van der Waals surface area contributed by atoms with Crippen LogP contribution in [0.1, 0.15) is 69.0 Å². The Morgan fingerprint density at radius 1 is 1.12 bits per heavy atom. The molecular formula is C25H28N4O3. The Balaban J connectivity index is 1.77. The van der Waals surface area contributed by atoms with Crippen LogP contribution in [0.4, 0.5) is 5.69 Å². The van der Waals surface area contributed by atoms with Crippen molar-refractivity contribution < 1.29 is 14.6 Å². The second kappa shape index (κ2) is 8.06. The van der Waals surface area contributed by atoms with Gasteiger partial charge in [0, 0.05) is 23.7 Å². The van der Waals surface area contributed by atoms with Gasteiger partial charge in [0.2, 0.25) is 0 Å². The summed E-state index contributed by atoms with van der Waals surface area (Å²) in [6.45, 7) is 4.26. The van der Waals surface area contributed by atoms with E-state index in [2.05, 4.69) is 46.6 Å². The van der Waals surface area contributed by atoms with Gasteiger partial charge in [-0.2, -0.15) is 0 Å². The van der Waals surface area contributed by atoms with E-state index in [0.717, 1.165) is 36.3 Å². The highest BCUT2D eigenvalue weighted by Crippen LogP contribution is 2.43. The van der Waals surface area contributed by atoms with Crippen LogP contribution in [-0.4, -0.2) is 15.5 Å². The number of fused-ring (bicyclic) bond motifs is 3. The second-order valence-electron chi connectivity index (χ2n) is 9.15. The lowest BCUT2D eigenvalue weighted by molar-refractivity contribution is -0.724. The normalized spacial score (nSPS) is 22.4.